The molecule has 6 heteroatoms. The number of benzene rings is 1. The van der Waals surface area contributed by atoms with Crippen LogP contribution in [0.3, 0.4) is 0 Å². The number of likely N-dealkylation sites (tertiary alicyclic amines) is 1. The molecule has 0 aromatic heterocycles. The van der Waals surface area contributed by atoms with E-state index >= 15 is 0 Å². The maximum Gasteiger partial charge on any atom is 0.252 e. The SMILES string of the molecule is CC(=O)C[C@H]1C[C@@H](OCc2ccccc2)C(=O)N1CCO[Si](C)(C)C(C)(C)C. The number of amides is 1. The summed E-state index contributed by atoms with van der Waals surface area (Å²) in [5, 5.41) is 0.127. The van der Waals surface area contributed by atoms with Crippen molar-refractivity contribution in [3.63, 3.8) is 0 Å². The Morgan fingerprint density at radius 3 is 2.43 bits per heavy atom. The quantitative estimate of drug-likeness (QED) is 0.579. The van der Waals surface area contributed by atoms with Gasteiger partial charge in [0.2, 0.25) is 0 Å². The molecule has 0 bridgehead atoms. The second-order valence-electron chi connectivity index (χ2n) is 9.22. The highest BCUT2D eigenvalue weighted by Gasteiger charge is 2.41. The Balaban J connectivity index is 1.97. The third-order valence-corrected chi connectivity index (χ3v) is 10.4. The standard InChI is InChI=1S/C22H35NO4Si/c1-17(24)14-19-15-20(26-16-18-10-8-7-9-11-18)21(25)23(19)12-13-27-28(5,6)22(2,3)4/h7-11,19-20H,12-16H2,1-6H3/t19-,20+/m0/s1. The molecule has 0 radical (unpaired) electrons. The van der Waals surface area contributed by atoms with Crippen molar-refractivity contribution in [3.05, 3.63) is 35.9 Å². The lowest BCUT2D eigenvalue weighted by atomic mass is 10.1. The average Bonchev–Trinajstić information content (AvgIpc) is 2.88. The van der Waals surface area contributed by atoms with Gasteiger partial charge in [-0.15, -0.1) is 0 Å². The van der Waals surface area contributed by atoms with Crippen LogP contribution in [-0.2, 0) is 25.4 Å². The van der Waals surface area contributed by atoms with E-state index in [0.29, 0.717) is 32.6 Å². The van der Waals surface area contributed by atoms with Gasteiger partial charge in [0.25, 0.3) is 5.91 Å². The first kappa shape index (κ1) is 22.8. The zero-order chi connectivity index (χ0) is 20.9. The molecule has 1 heterocycles. The summed E-state index contributed by atoms with van der Waals surface area (Å²) in [7, 11) is -1.87. The molecule has 0 aliphatic carbocycles. The van der Waals surface area contributed by atoms with Crippen LogP contribution in [0.15, 0.2) is 30.3 Å². The number of nitrogens with zero attached hydrogens (tertiary/aromatic N) is 1. The van der Waals surface area contributed by atoms with Crippen molar-refractivity contribution in [2.45, 2.75) is 77.4 Å². The maximum atomic E-state index is 12.9. The molecule has 2 atom stereocenters. The van der Waals surface area contributed by atoms with Crippen LogP contribution in [0.25, 0.3) is 0 Å². The minimum Gasteiger partial charge on any atom is -0.415 e. The van der Waals surface area contributed by atoms with Crippen molar-refractivity contribution < 1.29 is 18.8 Å². The van der Waals surface area contributed by atoms with Crippen LogP contribution in [0.5, 0.6) is 0 Å². The fourth-order valence-corrected chi connectivity index (χ4v) is 4.22. The third-order valence-electron chi connectivity index (χ3n) is 5.90. The molecule has 1 aromatic rings. The van der Waals surface area contributed by atoms with Gasteiger partial charge >= 0.3 is 0 Å². The molecule has 0 saturated carbocycles. The molecule has 5 nitrogen and oxygen atoms in total. The van der Waals surface area contributed by atoms with Crippen LogP contribution in [0.4, 0.5) is 0 Å². The number of hydrogen-bond acceptors (Lipinski definition) is 4. The van der Waals surface area contributed by atoms with E-state index in [0.717, 1.165) is 5.56 Å². The van der Waals surface area contributed by atoms with Crippen LogP contribution < -0.4 is 0 Å². The molecule has 156 valence electrons. The number of carbonyl (C=O) groups is 2. The van der Waals surface area contributed by atoms with E-state index in [9.17, 15) is 9.59 Å². The lowest BCUT2D eigenvalue weighted by Crippen LogP contribution is -2.44. The zero-order valence-corrected chi connectivity index (χ0v) is 19.2. The molecule has 28 heavy (non-hydrogen) atoms. The van der Waals surface area contributed by atoms with E-state index < -0.39 is 14.4 Å². The van der Waals surface area contributed by atoms with Gasteiger partial charge in [0, 0.05) is 25.4 Å². The zero-order valence-electron chi connectivity index (χ0n) is 18.2. The normalized spacial score (nSPS) is 20.6. The second-order valence-corrected chi connectivity index (χ2v) is 14.0. The highest BCUT2D eigenvalue weighted by Crippen LogP contribution is 2.36. The predicted octanol–water partition coefficient (Wildman–Crippen LogP) is 4.17. The average molecular weight is 406 g/mol. The van der Waals surface area contributed by atoms with Crippen molar-refractivity contribution in [1.82, 2.24) is 4.90 Å². The van der Waals surface area contributed by atoms with Crippen LogP contribution in [0.2, 0.25) is 18.1 Å². The first-order valence-corrected chi connectivity index (χ1v) is 13.0. The Morgan fingerprint density at radius 1 is 1.21 bits per heavy atom. The number of rotatable bonds is 9. The fourth-order valence-electron chi connectivity index (χ4n) is 3.18. The molecular formula is C22H35NO4Si. The number of Topliss-reactive ketones (excluding diaryl/α,β-unsaturated/α-hetero) is 1. The summed E-state index contributed by atoms with van der Waals surface area (Å²) < 4.78 is 12.2. The summed E-state index contributed by atoms with van der Waals surface area (Å²) in [4.78, 5) is 26.4. The van der Waals surface area contributed by atoms with Gasteiger partial charge in [0.05, 0.1) is 13.2 Å². The minimum absolute atomic E-state index is 0.0268. The molecule has 1 saturated heterocycles. The van der Waals surface area contributed by atoms with E-state index in [4.69, 9.17) is 9.16 Å². The molecule has 1 fully saturated rings. The molecule has 1 aliphatic heterocycles. The van der Waals surface area contributed by atoms with Gasteiger partial charge < -0.3 is 14.1 Å². The van der Waals surface area contributed by atoms with Gasteiger partial charge in [0.15, 0.2) is 8.32 Å². The van der Waals surface area contributed by atoms with Gasteiger partial charge in [-0.25, -0.2) is 0 Å². The highest BCUT2D eigenvalue weighted by atomic mass is 28.4. The lowest BCUT2D eigenvalue weighted by molar-refractivity contribution is -0.139. The summed E-state index contributed by atoms with van der Waals surface area (Å²) >= 11 is 0. The largest absolute Gasteiger partial charge is 0.415 e. The topological polar surface area (TPSA) is 55.8 Å². The van der Waals surface area contributed by atoms with Crippen molar-refractivity contribution in [2.24, 2.45) is 0 Å². The first-order chi connectivity index (χ1) is 13.0. The van der Waals surface area contributed by atoms with Crippen LogP contribution >= 0.6 is 0 Å². The highest BCUT2D eigenvalue weighted by molar-refractivity contribution is 6.74. The molecule has 1 aromatic carbocycles. The summed E-state index contributed by atoms with van der Waals surface area (Å²) in [6, 6.07) is 9.73. The lowest BCUT2D eigenvalue weighted by Gasteiger charge is -2.37. The van der Waals surface area contributed by atoms with Crippen LogP contribution in [0.1, 0.15) is 46.1 Å². The fraction of sp³-hybridized carbons (Fsp3) is 0.636. The van der Waals surface area contributed by atoms with Gasteiger partial charge in [0.1, 0.15) is 11.9 Å². The molecule has 0 N–H and O–H groups in total. The van der Waals surface area contributed by atoms with Crippen molar-refractivity contribution in [2.75, 3.05) is 13.2 Å². The maximum absolute atomic E-state index is 12.9. The molecule has 1 aliphatic rings. The Labute approximate surface area is 170 Å². The number of ether oxygens (including phenoxy) is 1. The summed E-state index contributed by atoms with van der Waals surface area (Å²) in [5.41, 5.74) is 1.04. The third kappa shape index (κ3) is 6.00. The molecule has 1 amide bonds. The van der Waals surface area contributed by atoms with E-state index in [1.54, 1.807) is 11.8 Å². The Hall–Kier alpha value is -1.50. The van der Waals surface area contributed by atoms with Crippen molar-refractivity contribution in [1.29, 1.82) is 0 Å². The number of ketones is 1. The van der Waals surface area contributed by atoms with Gasteiger partial charge in [-0.3, -0.25) is 9.59 Å². The van der Waals surface area contributed by atoms with Gasteiger partial charge in [-0.2, -0.15) is 0 Å². The smallest absolute Gasteiger partial charge is 0.252 e. The number of carbonyl (C=O) groups excluding carboxylic acids is 2. The van der Waals surface area contributed by atoms with Gasteiger partial charge in [-0.1, -0.05) is 51.1 Å². The van der Waals surface area contributed by atoms with Crippen molar-refractivity contribution in [3.8, 4) is 0 Å². The van der Waals surface area contributed by atoms with Crippen molar-refractivity contribution >= 4 is 20.0 Å². The predicted molar refractivity (Wildman–Crippen MR) is 114 cm³/mol. The van der Waals surface area contributed by atoms with E-state index in [2.05, 4.69) is 33.9 Å². The Bertz CT molecular complexity index is 669. The minimum atomic E-state index is -1.87. The van der Waals surface area contributed by atoms with Crippen LogP contribution in [0, 0.1) is 0 Å². The Morgan fingerprint density at radius 2 is 1.86 bits per heavy atom. The summed E-state index contributed by atoms with van der Waals surface area (Å²) in [6.45, 7) is 14.0. The van der Waals surface area contributed by atoms with Crippen LogP contribution in [-0.4, -0.2) is 50.2 Å². The summed E-state index contributed by atoms with van der Waals surface area (Å²) in [5.74, 6) is 0.0674. The van der Waals surface area contributed by atoms with Gasteiger partial charge in [-0.05, 0) is 30.6 Å². The molecular weight excluding hydrogens is 370 g/mol. The Kier molecular flexibility index (Phi) is 7.59. The monoisotopic (exact) mass is 405 g/mol. The molecule has 0 spiro atoms. The molecule has 0 unspecified atom stereocenters. The van der Waals surface area contributed by atoms with E-state index in [1.165, 1.54) is 0 Å². The van der Waals surface area contributed by atoms with E-state index in [1.807, 2.05) is 30.3 Å². The second kappa shape index (κ2) is 9.33. The number of hydrogen-bond donors (Lipinski definition) is 0. The first-order valence-electron chi connectivity index (χ1n) is 10.1. The van der Waals surface area contributed by atoms with E-state index in [-0.39, 0.29) is 22.8 Å². The molecule has 2 rings (SSSR count). The summed E-state index contributed by atoms with van der Waals surface area (Å²) in [6.07, 6.45) is 0.444.